The minimum atomic E-state index is 0.149. The number of pyridine rings is 1. The van der Waals surface area contributed by atoms with Gasteiger partial charge in [-0.2, -0.15) is 10.5 Å². The van der Waals surface area contributed by atoms with Crippen LogP contribution in [0.4, 0.5) is 5.69 Å². The summed E-state index contributed by atoms with van der Waals surface area (Å²) in [6.07, 6.45) is 6.16. The van der Waals surface area contributed by atoms with Crippen molar-refractivity contribution in [3.63, 3.8) is 0 Å². The number of nitriles is 2. The Morgan fingerprint density at radius 2 is 2.07 bits per heavy atom. The molecule has 5 heteroatoms. The summed E-state index contributed by atoms with van der Waals surface area (Å²) in [5, 5.41) is 23.6. The molecule has 0 bridgehead atoms. The van der Waals surface area contributed by atoms with Gasteiger partial charge in [-0.05, 0) is 49.4 Å². The molecule has 0 spiro atoms. The fourth-order valence-electron chi connectivity index (χ4n) is 4.81. The van der Waals surface area contributed by atoms with Crippen LogP contribution in [0.2, 0.25) is 0 Å². The molecule has 1 saturated carbocycles. The molecule has 5 nitrogen and oxygen atoms in total. The van der Waals surface area contributed by atoms with Crippen molar-refractivity contribution in [2.75, 3.05) is 18.0 Å². The van der Waals surface area contributed by atoms with Crippen molar-refractivity contribution in [3.05, 3.63) is 36.0 Å². The Morgan fingerprint density at radius 3 is 2.89 bits per heavy atom. The van der Waals surface area contributed by atoms with Gasteiger partial charge in [-0.15, -0.1) is 0 Å². The Labute approximate surface area is 160 Å². The van der Waals surface area contributed by atoms with E-state index in [1.807, 2.05) is 12.1 Å². The Kier molecular flexibility index (Phi) is 4.97. The minimum Gasteiger partial charge on any atom is -0.369 e. The van der Waals surface area contributed by atoms with Crippen molar-refractivity contribution >= 4 is 16.6 Å². The summed E-state index contributed by atoms with van der Waals surface area (Å²) >= 11 is 0. The molecule has 1 saturated heterocycles. The summed E-state index contributed by atoms with van der Waals surface area (Å²) in [6.45, 7) is 4.22. The molecule has 2 fully saturated rings. The quantitative estimate of drug-likeness (QED) is 0.906. The van der Waals surface area contributed by atoms with E-state index in [1.165, 1.54) is 0 Å². The molecule has 0 amide bonds. The highest BCUT2D eigenvalue weighted by molar-refractivity contribution is 5.95. The third-order valence-corrected chi connectivity index (χ3v) is 6.00. The van der Waals surface area contributed by atoms with Gasteiger partial charge >= 0.3 is 0 Å². The lowest BCUT2D eigenvalue weighted by Gasteiger charge is -2.40. The SMILES string of the molecule is C[C@H]1C[C@@H](NC2CCCC2C#N)CN(c2ccc(C#N)c3ncccc23)C1. The lowest BCUT2D eigenvalue weighted by atomic mass is 9.93. The molecule has 27 heavy (non-hydrogen) atoms. The Bertz CT molecular complexity index is 909. The summed E-state index contributed by atoms with van der Waals surface area (Å²) in [5.41, 5.74) is 2.55. The van der Waals surface area contributed by atoms with Gasteiger partial charge in [0.25, 0.3) is 0 Å². The van der Waals surface area contributed by atoms with Crippen LogP contribution < -0.4 is 10.2 Å². The number of benzene rings is 1. The van der Waals surface area contributed by atoms with E-state index in [2.05, 4.69) is 46.4 Å². The van der Waals surface area contributed by atoms with Crippen molar-refractivity contribution in [2.24, 2.45) is 11.8 Å². The van der Waals surface area contributed by atoms with Crippen molar-refractivity contribution in [3.8, 4) is 12.1 Å². The van der Waals surface area contributed by atoms with Gasteiger partial charge < -0.3 is 10.2 Å². The maximum absolute atomic E-state index is 9.39. The van der Waals surface area contributed by atoms with Crippen LogP contribution >= 0.6 is 0 Å². The first-order chi connectivity index (χ1) is 13.2. The summed E-state index contributed by atoms with van der Waals surface area (Å²) in [7, 11) is 0. The topological polar surface area (TPSA) is 75.7 Å². The van der Waals surface area contributed by atoms with E-state index in [4.69, 9.17) is 0 Å². The number of piperidine rings is 1. The van der Waals surface area contributed by atoms with E-state index in [-0.39, 0.29) is 5.92 Å². The molecule has 2 unspecified atom stereocenters. The zero-order valence-corrected chi connectivity index (χ0v) is 15.7. The van der Waals surface area contributed by atoms with Crippen LogP contribution in [0, 0.1) is 34.5 Å². The van der Waals surface area contributed by atoms with E-state index < -0.39 is 0 Å². The van der Waals surface area contributed by atoms with Crippen molar-refractivity contribution in [1.82, 2.24) is 10.3 Å². The lowest BCUT2D eigenvalue weighted by Crippen LogP contribution is -2.52. The number of anilines is 1. The minimum absolute atomic E-state index is 0.149. The maximum Gasteiger partial charge on any atom is 0.101 e. The first-order valence-electron chi connectivity index (χ1n) is 9.88. The number of hydrogen-bond acceptors (Lipinski definition) is 5. The third kappa shape index (κ3) is 3.48. The number of rotatable bonds is 3. The number of nitrogens with one attached hydrogen (secondary N) is 1. The highest BCUT2D eigenvalue weighted by atomic mass is 15.2. The van der Waals surface area contributed by atoms with Gasteiger partial charge in [0, 0.05) is 42.4 Å². The van der Waals surface area contributed by atoms with Gasteiger partial charge in [-0.1, -0.05) is 13.3 Å². The number of aromatic nitrogens is 1. The fraction of sp³-hybridized carbons (Fsp3) is 0.500. The molecule has 1 aromatic heterocycles. The van der Waals surface area contributed by atoms with Crippen molar-refractivity contribution in [2.45, 2.75) is 44.7 Å². The molecule has 0 radical (unpaired) electrons. The van der Waals surface area contributed by atoms with Gasteiger partial charge in [-0.25, -0.2) is 0 Å². The van der Waals surface area contributed by atoms with E-state index in [0.29, 0.717) is 23.6 Å². The monoisotopic (exact) mass is 359 g/mol. The number of fused-ring (bicyclic) bond motifs is 1. The Balaban J connectivity index is 1.60. The van der Waals surface area contributed by atoms with Gasteiger partial charge in [0.1, 0.15) is 6.07 Å². The second-order valence-electron chi connectivity index (χ2n) is 8.03. The molecule has 4 rings (SSSR count). The van der Waals surface area contributed by atoms with E-state index in [9.17, 15) is 10.5 Å². The van der Waals surface area contributed by atoms with Gasteiger partial charge in [0.15, 0.2) is 0 Å². The highest BCUT2D eigenvalue weighted by Gasteiger charge is 2.32. The molecule has 4 atom stereocenters. The summed E-state index contributed by atoms with van der Waals surface area (Å²) in [4.78, 5) is 6.87. The average Bonchev–Trinajstić information content (AvgIpc) is 3.13. The maximum atomic E-state index is 9.39. The van der Waals surface area contributed by atoms with Crippen LogP contribution in [0.1, 0.15) is 38.2 Å². The van der Waals surface area contributed by atoms with Crippen LogP contribution in [0.3, 0.4) is 0 Å². The zero-order chi connectivity index (χ0) is 18.8. The largest absolute Gasteiger partial charge is 0.369 e. The van der Waals surface area contributed by atoms with E-state index in [1.54, 1.807) is 6.20 Å². The van der Waals surface area contributed by atoms with Gasteiger partial charge in [0.05, 0.1) is 23.1 Å². The standard InChI is InChI=1S/C22H25N5/c1-15-10-18(26-20-6-2-4-16(20)11-23)14-27(13-15)21-8-7-17(12-24)22-19(21)5-3-9-25-22/h3,5,7-9,15-16,18,20,26H,2,4,6,10,13-14H2,1H3/t15-,16?,18+,20?/m0/s1. The van der Waals surface area contributed by atoms with Crippen LogP contribution in [0.15, 0.2) is 30.5 Å². The normalized spacial score (nSPS) is 28.0. The molecule has 1 N–H and O–H groups in total. The van der Waals surface area contributed by atoms with Gasteiger partial charge in [0.2, 0.25) is 0 Å². The fourth-order valence-corrected chi connectivity index (χ4v) is 4.81. The highest BCUT2D eigenvalue weighted by Crippen LogP contribution is 2.32. The second kappa shape index (κ2) is 7.55. The lowest BCUT2D eigenvalue weighted by molar-refractivity contribution is 0.309. The van der Waals surface area contributed by atoms with Crippen molar-refractivity contribution < 1.29 is 0 Å². The van der Waals surface area contributed by atoms with Crippen molar-refractivity contribution in [1.29, 1.82) is 10.5 Å². The smallest absolute Gasteiger partial charge is 0.101 e. The summed E-state index contributed by atoms with van der Waals surface area (Å²) in [6, 6.07) is 13.4. The van der Waals surface area contributed by atoms with E-state index in [0.717, 1.165) is 55.4 Å². The molecule has 2 aliphatic rings. The molecular weight excluding hydrogens is 334 g/mol. The van der Waals surface area contributed by atoms with E-state index >= 15 is 0 Å². The molecule has 2 heterocycles. The van der Waals surface area contributed by atoms with Crippen LogP contribution in [-0.2, 0) is 0 Å². The van der Waals surface area contributed by atoms with Crippen LogP contribution in [-0.4, -0.2) is 30.2 Å². The Hall–Kier alpha value is -2.63. The number of nitrogens with zero attached hydrogens (tertiary/aromatic N) is 4. The predicted molar refractivity (Wildman–Crippen MR) is 106 cm³/mol. The molecular formula is C22H25N5. The molecule has 1 aromatic carbocycles. The summed E-state index contributed by atoms with van der Waals surface area (Å²) in [5.74, 6) is 0.719. The molecule has 2 aromatic rings. The van der Waals surface area contributed by atoms with Crippen LogP contribution in [0.25, 0.3) is 10.9 Å². The second-order valence-corrected chi connectivity index (χ2v) is 8.03. The average molecular weight is 359 g/mol. The first-order valence-corrected chi connectivity index (χ1v) is 9.88. The molecule has 1 aliphatic carbocycles. The Morgan fingerprint density at radius 1 is 1.19 bits per heavy atom. The summed E-state index contributed by atoms with van der Waals surface area (Å²) < 4.78 is 0. The number of hydrogen-bond donors (Lipinski definition) is 1. The third-order valence-electron chi connectivity index (χ3n) is 6.00. The molecule has 1 aliphatic heterocycles. The van der Waals surface area contributed by atoms with Gasteiger partial charge in [-0.3, -0.25) is 4.98 Å². The zero-order valence-electron chi connectivity index (χ0n) is 15.7. The first kappa shape index (κ1) is 17.8. The predicted octanol–water partition coefficient (Wildman–Crippen LogP) is 3.60. The van der Waals surface area contributed by atoms with Crippen LogP contribution in [0.5, 0.6) is 0 Å². The molecule has 138 valence electrons.